The average Bonchev–Trinajstić information content (AvgIpc) is 2.76. The Bertz CT molecular complexity index is 523. The number of fused-ring (bicyclic) bond motifs is 2. The molecule has 2 atom stereocenters. The molecular formula is C19H27NO3. The number of piperidine rings is 1. The zero-order chi connectivity index (χ0) is 16.4. The van der Waals surface area contributed by atoms with Crippen molar-refractivity contribution in [2.24, 2.45) is 0 Å². The number of amides is 1. The predicted molar refractivity (Wildman–Crippen MR) is 89.1 cm³/mol. The van der Waals surface area contributed by atoms with E-state index in [4.69, 9.17) is 9.47 Å². The SMILES string of the molecule is CC(C)(C)OC(=O)N1C2CCC1CC(OCc1ccccc1)C2. The summed E-state index contributed by atoms with van der Waals surface area (Å²) in [5.41, 5.74) is 0.770. The van der Waals surface area contributed by atoms with E-state index < -0.39 is 5.60 Å². The fraction of sp³-hybridized carbons (Fsp3) is 0.632. The average molecular weight is 317 g/mol. The Morgan fingerprint density at radius 1 is 1.13 bits per heavy atom. The summed E-state index contributed by atoms with van der Waals surface area (Å²) in [5, 5.41) is 0. The quantitative estimate of drug-likeness (QED) is 0.841. The second kappa shape index (κ2) is 6.52. The molecule has 126 valence electrons. The van der Waals surface area contributed by atoms with Gasteiger partial charge in [0.2, 0.25) is 0 Å². The summed E-state index contributed by atoms with van der Waals surface area (Å²) in [6.45, 7) is 6.41. The molecule has 2 fully saturated rings. The molecule has 2 heterocycles. The molecule has 0 aromatic heterocycles. The molecule has 0 spiro atoms. The molecule has 23 heavy (non-hydrogen) atoms. The van der Waals surface area contributed by atoms with E-state index in [0.717, 1.165) is 25.7 Å². The highest BCUT2D eigenvalue weighted by Gasteiger charge is 2.45. The summed E-state index contributed by atoms with van der Waals surface area (Å²) in [5.74, 6) is 0. The van der Waals surface area contributed by atoms with Crippen LogP contribution in [-0.2, 0) is 16.1 Å². The molecule has 1 aromatic carbocycles. The minimum Gasteiger partial charge on any atom is -0.444 e. The van der Waals surface area contributed by atoms with Crippen molar-refractivity contribution in [2.75, 3.05) is 0 Å². The first kappa shape index (κ1) is 16.3. The fourth-order valence-corrected chi connectivity index (χ4v) is 3.66. The van der Waals surface area contributed by atoms with Gasteiger partial charge in [0.25, 0.3) is 0 Å². The molecule has 4 nitrogen and oxygen atoms in total. The maximum atomic E-state index is 12.4. The van der Waals surface area contributed by atoms with Crippen molar-refractivity contribution in [3.05, 3.63) is 35.9 Å². The highest BCUT2D eigenvalue weighted by Crippen LogP contribution is 2.38. The lowest BCUT2D eigenvalue weighted by Crippen LogP contribution is -2.50. The molecule has 1 aromatic rings. The van der Waals surface area contributed by atoms with E-state index in [1.807, 2.05) is 43.9 Å². The number of nitrogens with zero attached hydrogens (tertiary/aromatic N) is 1. The number of ether oxygens (including phenoxy) is 2. The Kier molecular flexibility index (Phi) is 4.62. The van der Waals surface area contributed by atoms with Crippen LogP contribution in [0, 0.1) is 0 Å². The van der Waals surface area contributed by atoms with Crippen LogP contribution in [0.1, 0.15) is 52.0 Å². The Hall–Kier alpha value is -1.55. The van der Waals surface area contributed by atoms with Gasteiger partial charge in [-0.1, -0.05) is 30.3 Å². The summed E-state index contributed by atoms with van der Waals surface area (Å²) in [4.78, 5) is 14.4. The summed E-state index contributed by atoms with van der Waals surface area (Å²) in [6.07, 6.45) is 4.05. The van der Waals surface area contributed by atoms with Crippen LogP contribution in [0.5, 0.6) is 0 Å². The van der Waals surface area contributed by atoms with Gasteiger partial charge in [-0.2, -0.15) is 0 Å². The van der Waals surface area contributed by atoms with Crippen LogP contribution in [0.15, 0.2) is 30.3 Å². The zero-order valence-corrected chi connectivity index (χ0v) is 14.3. The largest absolute Gasteiger partial charge is 0.444 e. The summed E-state index contributed by atoms with van der Waals surface area (Å²) >= 11 is 0. The third kappa shape index (κ3) is 4.05. The van der Waals surface area contributed by atoms with Crippen LogP contribution in [-0.4, -0.2) is 34.8 Å². The van der Waals surface area contributed by atoms with Crippen molar-refractivity contribution in [1.29, 1.82) is 0 Å². The zero-order valence-electron chi connectivity index (χ0n) is 14.3. The monoisotopic (exact) mass is 317 g/mol. The number of carbonyl (C=O) groups is 1. The first-order valence-electron chi connectivity index (χ1n) is 8.59. The van der Waals surface area contributed by atoms with Gasteiger partial charge in [0.05, 0.1) is 12.7 Å². The first-order chi connectivity index (χ1) is 10.9. The minimum absolute atomic E-state index is 0.161. The molecule has 3 rings (SSSR count). The minimum atomic E-state index is -0.433. The molecule has 2 aliphatic rings. The first-order valence-corrected chi connectivity index (χ1v) is 8.59. The van der Waals surface area contributed by atoms with Crippen molar-refractivity contribution in [2.45, 2.75) is 76.9 Å². The molecule has 2 aliphatic heterocycles. The molecule has 0 saturated carbocycles. The van der Waals surface area contributed by atoms with Gasteiger partial charge in [-0.05, 0) is 52.0 Å². The smallest absolute Gasteiger partial charge is 0.410 e. The summed E-state index contributed by atoms with van der Waals surface area (Å²) in [6, 6.07) is 10.8. The lowest BCUT2D eigenvalue weighted by Gasteiger charge is -2.39. The van der Waals surface area contributed by atoms with Crippen LogP contribution >= 0.6 is 0 Å². The Morgan fingerprint density at radius 3 is 2.30 bits per heavy atom. The predicted octanol–water partition coefficient (Wildman–Crippen LogP) is 4.13. The third-order valence-corrected chi connectivity index (χ3v) is 4.62. The maximum Gasteiger partial charge on any atom is 0.410 e. The molecule has 0 aliphatic carbocycles. The van der Waals surface area contributed by atoms with E-state index >= 15 is 0 Å². The van der Waals surface area contributed by atoms with Gasteiger partial charge in [0, 0.05) is 12.1 Å². The number of carbonyl (C=O) groups excluding carboxylic acids is 1. The van der Waals surface area contributed by atoms with E-state index in [1.165, 1.54) is 5.56 Å². The molecule has 4 heteroatoms. The van der Waals surface area contributed by atoms with Crippen LogP contribution in [0.3, 0.4) is 0 Å². The van der Waals surface area contributed by atoms with Crippen LogP contribution in [0.25, 0.3) is 0 Å². The van der Waals surface area contributed by atoms with E-state index in [2.05, 4.69) is 12.1 Å². The van der Waals surface area contributed by atoms with E-state index in [9.17, 15) is 4.79 Å². The summed E-state index contributed by atoms with van der Waals surface area (Å²) in [7, 11) is 0. The standard InChI is InChI=1S/C19H27NO3/c1-19(2,3)23-18(21)20-15-9-10-16(20)12-17(11-15)22-13-14-7-5-4-6-8-14/h4-8,15-17H,9-13H2,1-3H3. The van der Waals surface area contributed by atoms with Gasteiger partial charge in [0.1, 0.15) is 5.60 Å². The lowest BCUT2D eigenvalue weighted by atomic mass is 10.00. The molecule has 0 N–H and O–H groups in total. The van der Waals surface area contributed by atoms with Crippen molar-refractivity contribution in [3.8, 4) is 0 Å². The van der Waals surface area contributed by atoms with Gasteiger partial charge in [-0.25, -0.2) is 4.79 Å². The second-order valence-corrected chi connectivity index (χ2v) is 7.66. The van der Waals surface area contributed by atoms with Crippen molar-refractivity contribution in [1.82, 2.24) is 4.90 Å². The molecule has 2 saturated heterocycles. The van der Waals surface area contributed by atoms with E-state index in [-0.39, 0.29) is 24.3 Å². The summed E-state index contributed by atoms with van der Waals surface area (Å²) < 4.78 is 11.7. The van der Waals surface area contributed by atoms with Crippen molar-refractivity contribution >= 4 is 6.09 Å². The Balaban J connectivity index is 1.55. The molecular weight excluding hydrogens is 290 g/mol. The van der Waals surface area contributed by atoms with Gasteiger partial charge in [0.15, 0.2) is 0 Å². The molecule has 2 unspecified atom stereocenters. The van der Waals surface area contributed by atoms with Crippen molar-refractivity contribution in [3.63, 3.8) is 0 Å². The van der Waals surface area contributed by atoms with Crippen LogP contribution in [0.4, 0.5) is 4.79 Å². The third-order valence-electron chi connectivity index (χ3n) is 4.62. The molecule has 2 bridgehead atoms. The van der Waals surface area contributed by atoms with Crippen LogP contribution < -0.4 is 0 Å². The Labute approximate surface area is 138 Å². The molecule has 1 amide bonds. The van der Waals surface area contributed by atoms with Crippen molar-refractivity contribution < 1.29 is 14.3 Å². The van der Waals surface area contributed by atoms with E-state index in [0.29, 0.717) is 6.61 Å². The van der Waals surface area contributed by atoms with Gasteiger partial charge in [-0.15, -0.1) is 0 Å². The number of benzene rings is 1. The lowest BCUT2D eigenvalue weighted by molar-refractivity contribution is -0.0396. The highest BCUT2D eigenvalue weighted by molar-refractivity contribution is 5.69. The van der Waals surface area contributed by atoms with Gasteiger partial charge in [-0.3, -0.25) is 0 Å². The van der Waals surface area contributed by atoms with E-state index in [1.54, 1.807) is 0 Å². The maximum absolute atomic E-state index is 12.4. The number of hydrogen-bond donors (Lipinski definition) is 0. The van der Waals surface area contributed by atoms with Crippen LogP contribution in [0.2, 0.25) is 0 Å². The topological polar surface area (TPSA) is 38.8 Å². The normalized spacial score (nSPS) is 27.1. The molecule has 0 radical (unpaired) electrons. The number of rotatable bonds is 3. The van der Waals surface area contributed by atoms with Gasteiger partial charge < -0.3 is 14.4 Å². The highest BCUT2D eigenvalue weighted by atomic mass is 16.6. The second-order valence-electron chi connectivity index (χ2n) is 7.66. The number of hydrogen-bond acceptors (Lipinski definition) is 3. The van der Waals surface area contributed by atoms with Gasteiger partial charge >= 0.3 is 6.09 Å². The Morgan fingerprint density at radius 2 is 1.74 bits per heavy atom. The fourth-order valence-electron chi connectivity index (χ4n) is 3.66.